The van der Waals surface area contributed by atoms with Crippen molar-refractivity contribution in [2.75, 3.05) is 14.2 Å². The van der Waals surface area contributed by atoms with E-state index in [0.29, 0.717) is 12.1 Å². The highest BCUT2D eigenvalue weighted by Gasteiger charge is 2.35. The molecule has 0 amide bonds. The normalized spacial score (nSPS) is 32.3. The van der Waals surface area contributed by atoms with Gasteiger partial charge >= 0.3 is 5.97 Å². The molecule has 0 radical (unpaired) electrons. The second-order valence-corrected chi connectivity index (χ2v) is 4.15. The molecule has 0 aromatic rings. The predicted molar refractivity (Wildman–Crippen MR) is 53.9 cm³/mol. The molecule has 2 aliphatic rings. The van der Waals surface area contributed by atoms with Crippen molar-refractivity contribution in [2.45, 2.75) is 37.8 Å². The maximum Gasteiger partial charge on any atom is 0.335 e. The number of carbonyl (C=O) groups is 1. The lowest BCUT2D eigenvalue weighted by Gasteiger charge is -2.43. The minimum Gasteiger partial charge on any atom is -0.466 e. The molecule has 3 heteroatoms. The van der Waals surface area contributed by atoms with E-state index in [1.54, 1.807) is 0 Å². The van der Waals surface area contributed by atoms with Crippen LogP contribution < -0.4 is 0 Å². The summed E-state index contributed by atoms with van der Waals surface area (Å²) in [6, 6.07) is 0.942. The van der Waals surface area contributed by atoms with E-state index in [1.165, 1.54) is 20.0 Å². The summed E-state index contributed by atoms with van der Waals surface area (Å²) < 4.78 is 4.80. The average Bonchev–Trinajstić information content (AvgIpc) is 2.17. The second-order valence-electron chi connectivity index (χ2n) is 4.15. The number of piperidine rings is 1. The molecule has 0 N–H and O–H groups in total. The van der Waals surface area contributed by atoms with Gasteiger partial charge in [0.05, 0.1) is 12.7 Å². The van der Waals surface area contributed by atoms with Gasteiger partial charge in [-0.05, 0) is 32.7 Å². The topological polar surface area (TPSA) is 29.5 Å². The van der Waals surface area contributed by atoms with Gasteiger partial charge in [-0.3, -0.25) is 4.90 Å². The SMILES string of the molecule is COC(=O)C1=CC[C@H]2CCC[C@@H]1N2C. The Morgan fingerprint density at radius 3 is 3.07 bits per heavy atom. The zero-order valence-corrected chi connectivity index (χ0v) is 8.82. The van der Waals surface area contributed by atoms with Gasteiger partial charge in [-0.15, -0.1) is 0 Å². The summed E-state index contributed by atoms with van der Waals surface area (Å²) in [7, 11) is 3.57. The zero-order chi connectivity index (χ0) is 10.1. The number of hydrogen-bond acceptors (Lipinski definition) is 3. The van der Waals surface area contributed by atoms with Gasteiger partial charge in [0.15, 0.2) is 0 Å². The Morgan fingerprint density at radius 2 is 2.36 bits per heavy atom. The summed E-state index contributed by atoms with van der Waals surface area (Å²) >= 11 is 0. The number of rotatable bonds is 1. The first-order chi connectivity index (χ1) is 6.74. The second kappa shape index (κ2) is 3.73. The molecule has 3 nitrogen and oxygen atoms in total. The Balaban J connectivity index is 2.22. The molecule has 1 saturated heterocycles. The van der Waals surface area contributed by atoms with Crippen molar-refractivity contribution in [3.8, 4) is 0 Å². The van der Waals surface area contributed by atoms with Crippen molar-refractivity contribution in [3.63, 3.8) is 0 Å². The molecule has 78 valence electrons. The largest absolute Gasteiger partial charge is 0.466 e. The van der Waals surface area contributed by atoms with E-state index >= 15 is 0 Å². The third-order valence-electron chi connectivity index (χ3n) is 3.47. The highest BCUT2D eigenvalue weighted by molar-refractivity contribution is 5.90. The van der Waals surface area contributed by atoms with Crippen LogP contribution in [0.4, 0.5) is 0 Å². The van der Waals surface area contributed by atoms with Crippen LogP contribution in [0.1, 0.15) is 25.7 Å². The van der Waals surface area contributed by atoms with E-state index in [2.05, 4.69) is 18.0 Å². The van der Waals surface area contributed by atoms with Crippen LogP contribution in [0.15, 0.2) is 11.6 Å². The Kier molecular flexibility index (Phi) is 2.59. The molecule has 0 aromatic carbocycles. The molecule has 0 unspecified atom stereocenters. The number of methoxy groups -OCH3 is 1. The van der Waals surface area contributed by atoms with Gasteiger partial charge in [-0.2, -0.15) is 0 Å². The molecular weight excluding hydrogens is 178 g/mol. The summed E-state index contributed by atoms with van der Waals surface area (Å²) in [5, 5.41) is 0. The minimum atomic E-state index is -0.151. The van der Waals surface area contributed by atoms with Crippen LogP contribution >= 0.6 is 0 Å². The third kappa shape index (κ3) is 1.46. The molecule has 0 aliphatic carbocycles. The highest BCUT2D eigenvalue weighted by atomic mass is 16.5. The van der Waals surface area contributed by atoms with Crippen molar-refractivity contribution < 1.29 is 9.53 Å². The molecule has 1 fully saturated rings. The molecule has 2 rings (SSSR count). The zero-order valence-electron chi connectivity index (χ0n) is 8.82. The standard InChI is InChI=1S/C11H17NO2/c1-12-8-4-3-5-10(12)9(7-6-8)11(13)14-2/h7-8,10H,3-6H2,1-2H3/t8-,10+/m1/s1. The Hall–Kier alpha value is -0.830. The molecule has 2 aliphatic heterocycles. The fraction of sp³-hybridized carbons (Fsp3) is 0.727. The van der Waals surface area contributed by atoms with Gasteiger partial charge in [0, 0.05) is 12.1 Å². The van der Waals surface area contributed by atoms with E-state index in [0.717, 1.165) is 18.4 Å². The van der Waals surface area contributed by atoms with Gasteiger partial charge < -0.3 is 4.74 Å². The van der Waals surface area contributed by atoms with E-state index in [-0.39, 0.29) is 5.97 Å². The first kappa shape index (κ1) is 9.71. The minimum absolute atomic E-state index is 0.151. The summed E-state index contributed by atoms with van der Waals surface area (Å²) in [6.45, 7) is 0. The Bertz CT molecular complexity index is 272. The number of hydrogen-bond donors (Lipinski definition) is 0. The molecule has 0 spiro atoms. The van der Waals surface area contributed by atoms with Gasteiger partial charge in [0.1, 0.15) is 0 Å². The summed E-state index contributed by atoms with van der Waals surface area (Å²) in [6.07, 6.45) is 6.65. The molecule has 2 heterocycles. The van der Waals surface area contributed by atoms with Crippen molar-refractivity contribution in [1.29, 1.82) is 0 Å². The quantitative estimate of drug-likeness (QED) is 0.591. The number of carbonyl (C=O) groups excluding carboxylic acids is 1. The lowest BCUT2D eigenvalue weighted by atomic mass is 9.85. The smallest absolute Gasteiger partial charge is 0.335 e. The maximum absolute atomic E-state index is 11.5. The van der Waals surface area contributed by atoms with Crippen LogP contribution in [0, 0.1) is 0 Å². The lowest BCUT2D eigenvalue weighted by Crippen LogP contribution is -2.48. The Morgan fingerprint density at radius 1 is 1.57 bits per heavy atom. The number of ether oxygens (including phenoxy) is 1. The van der Waals surface area contributed by atoms with Crippen molar-refractivity contribution in [1.82, 2.24) is 4.90 Å². The highest BCUT2D eigenvalue weighted by Crippen LogP contribution is 2.32. The van der Waals surface area contributed by atoms with Crippen LogP contribution in [0.5, 0.6) is 0 Å². The van der Waals surface area contributed by atoms with Gasteiger partial charge in [0.25, 0.3) is 0 Å². The average molecular weight is 195 g/mol. The fourth-order valence-corrected chi connectivity index (χ4v) is 2.60. The van der Waals surface area contributed by atoms with Crippen LogP contribution in [-0.4, -0.2) is 37.1 Å². The number of fused-ring (bicyclic) bond motifs is 2. The monoisotopic (exact) mass is 195 g/mol. The van der Waals surface area contributed by atoms with Gasteiger partial charge in [0.2, 0.25) is 0 Å². The van der Waals surface area contributed by atoms with E-state index < -0.39 is 0 Å². The number of likely N-dealkylation sites (N-methyl/N-ethyl adjacent to an activating group) is 1. The summed E-state index contributed by atoms with van der Waals surface area (Å²) in [5.74, 6) is -0.151. The first-order valence-corrected chi connectivity index (χ1v) is 5.24. The molecule has 2 bridgehead atoms. The van der Waals surface area contributed by atoms with Crippen molar-refractivity contribution >= 4 is 5.97 Å². The fourth-order valence-electron chi connectivity index (χ4n) is 2.60. The summed E-state index contributed by atoms with van der Waals surface area (Å²) in [4.78, 5) is 13.8. The summed E-state index contributed by atoms with van der Waals surface area (Å²) in [5.41, 5.74) is 0.867. The van der Waals surface area contributed by atoms with Crippen LogP contribution in [0.2, 0.25) is 0 Å². The van der Waals surface area contributed by atoms with Crippen molar-refractivity contribution in [3.05, 3.63) is 11.6 Å². The molecule has 0 saturated carbocycles. The van der Waals surface area contributed by atoms with Crippen LogP contribution in [0.3, 0.4) is 0 Å². The van der Waals surface area contributed by atoms with Gasteiger partial charge in [-0.1, -0.05) is 6.08 Å². The number of esters is 1. The molecule has 14 heavy (non-hydrogen) atoms. The third-order valence-corrected chi connectivity index (χ3v) is 3.47. The van der Waals surface area contributed by atoms with Crippen LogP contribution in [-0.2, 0) is 9.53 Å². The first-order valence-electron chi connectivity index (χ1n) is 5.24. The predicted octanol–water partition coefficient (Wildman–Crippen LogP) is 1.34. The number of nitrogens with zero attached hydrogens (tertiary/aromatic N) is 1. The van der Waals surface area contributed by atoms with E-state index in [4.69, 9.17) is 4.74 Å². The molecule has 2 atom stereocenters. The van der Waals surface area contributed by atoms with Gasteiger partial charge in [-0.25, -0.2) is 4.79 Å². The van der Waals surface area contributed by atoms with Crippen LogP contribution in [0.25, 0.3) is 0 Å². The molecular formula is C11H17NO2. The Labute approximate surface area is 84.7 Å². The van der Waals surface area contributed by atoms with E-state index in [9.17, 15) is 4.79 Å². The maximum atomic E-state index is 11.5. The molecule has 0 aromatic heterocycles. The van der Waals surface area contributed by atoms with Crippen molar-refractivity contribution in [2.24, 2.45) is 0 Å². The van der Waals surface area contributed by atoms with E-state index in [1.807, 2.05) is 0 Å². The lowest BCUT2D eigenvalue weighted by molar-refractivity contribution is -0.137.